The van der Waals surface area contributed by atoms with E-state index in [-0.39, 0.29) is 0 Å². The summed E-state index contributed by atoms with van der Waals surface area (Å²) in [5, 5.41) is 9.14. The van der Waals surface area contributed by atoms with Gasteiger partial charge < -0.3 is 9.64 Å². The Labute approximate surface area is 162 Å². The number of rotatable bonds is 5. The number of piperazine rings is 1. The van der Waals surface area contributed by atoms with Crippen molar-refractivity contribution in [2.24, 2.45) is 0 Å². The minimum Gasteiger partial charge on any atom is -0.381 e. The normalized spacial score (nSPS) is 22.3. The van der Waals surface area contributed by atoms with Crippen LogP contribution in [0.1, 0.15) is 38.1 Å². The van der Waals surface area contributed by atoms with Gasteiger partial charge in [-0.3, -0.25) is 9.47 Å². The van der Waals surface area contributed by atoms with Crippen LogP contribution in [0.15, 0.2) is 30.3 Å². The lowest BCUT2D eigenvalue weighted by Crippen LogP contribution is -2.56. The van der Waals surface area contributed by atoms with Gasteiger partial charge in [-0.2, -0.15) is 0 Å². The second-order valence-corrected chi connectivity index (χ2v) is 7.70. The van der Waals surface area contributed by atoms with Crippen LogP contribution < -0.4 is 4.90 Å². The van der Waals surface area contributed by atoms with E-state index in [1.807, 2.05) is 0 Å². The second-order valence-electron chi connectivity index (χ2n) is 7.70. The van der Waals surface area contributed by atoms with Gasteiger partial charge in [-0.1, -0.05) is 30.3 Å². The molecule has 1 aromatic heterocycles. The van der Waals surface area contributed by atoms with E-state index in [4.69, 9.17) is 4.74 Å². The van der Waals surface area contributed by atoms with E-state index in [1.54, 1.807) is 0 Å². The standard InChI is InChI=1S/C21H31N5O/c1-3-25-20(15-18-7-5-4-6-8-18)22-23-21(25)26-12-11-24(16-17(26)2)19-9-13-27-14-10-19/h4-8,17,19H,3,9-16H2,1-2H3/t17-/m0/s1. The quantitative estimate of drug-likeness (QED) is 0.811. The van der Waals surface area contributed by atoms with Crippen LogP contribution in [-0.4, -0.2) is 64.6 Å². The molecule has 0 bridgehead atoms. The van der Waals surface area contributed by atoms with Crippen molar-refractivity contribution < 1.29 is 4.74 Å². The highest BCUT2D eigenvalue weighted by Crippen LogP contribution is 2.24. The molecule has 0 spiro atoms. The van der Waals surface area contributed by atoms with Crippen LogP contribution in [0, 0.1) is 0 Å². The van der Waals surface area contributed by atoms with Gasteiger partial charge in [-0.15, -0.1) is 10.2 Å². The third-order valence-corrected chi connectivity index (χ3v) is 5.95. The molecule has 2 aromatic rings. The van der Waals surface area contributed by atoms with E-state index in [2.05, 4.69) is 68.7 Å². The molecule has 2 fully saturated rings. The maximum absolute atomic E-state index is 5.53. The molecule has 0 unspecified atom stereocenters. The zero-order valence-electron chi connectivity index (χ0n) is 16.5. The van der Waals surface area contributed by atoms with Gasteiger partial charge in [-0.25, -0.2) is 0 Å². The SMILES string of the molecule is CCn1c(Cc2ccccc2)nnc1N1CCN(C2CCOCC2)C[C@@H]1C. The highest BCUT2D eigenvalue weighted by molar-refractivity contribution is 5.35. The third kappa shape index (κ3) is 4.01. The number of hydrogen-bond acceptors (Lipinski definition) is 5. The van der Waals surface area contributed by atoms with Crippen molar-refractivity contribution in [1.82, 2.24) is 19.7 Å². The zero-order chi connectivity index (χ0) is 18.6. The van der Waals surface area contributed by atoms with E-state index in [0.29, 0.717) is 12.1 Å². The molecule has 0 amide bonds. The van der Waals surface area contributed by atoms with Crippen molar-refractivity contribution in [3.05, 3.63) is 41.7 Å². The van der Waals surface area contributed by atoms with Crippen molar-refractivity contribution in [3.8, 4) is 0 Å². The first kappa shape index (κ1) is 18.4. The van der Waals surface area contributed by atoms with Crippen LogP contribution in [0.2, 0.25) is 0 Å². The van der Waals surface area contributed by atoms with Crippen LogP contribution in [0.5, 0.6) is 0 Å². The van der Waals surface area contributed by atoms with Crippen molar-refractivity contribution in [2.75, 3.05) is 37.7 Å². The first-order chi connectivity index (χ1) is 13.3. The lowest BCUT2D eigenvalue weighted by molar-refractivity contribution is 0.0278. The predicted octanol–water partition coefficient (Wildman–Crippen LogP) is 2.58. The lowest BCUT2D eigenvalue weighted by atomic mass is 10.0. The molecular weight excluding hydrogens is 338 g/mol. The summed E-state index contributed by atoms with van der Waals surface area (Å²) >= 11 is 0. The molecule has 0 N–H and O–H groups in total. The monoisotopic (exact) mass is 369 g/mol. The molecule has 0 saturated carbocycles. The number of benzene rings is 1. The van der Waals surface area contributed by atoms with E-state index in [1.165, 1.54) is 18.4 Å². The zero-order valence-corrected chi connectivity index (χ0v) is 16.5. The molecule has 6 heteroatoms. The van der Waals surface area contributed by atoms with E-state index < -0.39 is 0 Å². The summed E-state index contributed by atoms with van der Waals surface area (Å²) in [6, 6.07) is 11.7. The highest BCUT2D eigenvalue weighted by atomic mass is 16.5. The van der Waals surface area contributed by atoms with Gasteiger partial charge >= 0.3 is 0 Å². The van der Waals surface area contributed by atoms with Crippen LogP contribution in [0.3, 0.4) is 0 Å². The summed E-state index contributed by atoms with van der Waals surface area (Å²) in [5.41, 5.74) is 1.28. The molecule has 1 aromatic carbocycles. The molecular formula is C21H31N5O. The fourth-order valence-corrected chi connectivity index (χ4v) is 4.44. The molecule has 27 heavy (non-hydrogen) atoms. The van der Waals surface area contributed by atoms with E-state index >= 15 is 0 Å². The Hall–Kier alpha value is -1.92. The maximum atomic E-state index is 5.53. The number of hydrogen-bond donors (Lipinski definition) is 0. The van der Waals surface area contributed by atoms with Gasteiger partial charge in [0.25, 0.3) is 0 Å². The Morgan fingerprint density at radius 2 is 1.85 bits per heavy atom. The van der Waals surface area contributed by atoms with Gasteiger partial charge in [0.2, 0.25) is 5.95 Å². The maximum Gasteiger partial charge on any atom is 0.227 e. The van der Waals surface area contributed by atoms with Gasteiger partial charge in [-0.05, 0) is 32.3 Å². The second kappa shape index (κ2) is 8.40. The predicted molar refractivity (Wildman–Crippen MR) is 107 cm³/mol. The van der Waals surface area contributed by atoms with Crippen molar-refractivity contribution >= 4 is 5.95 Å². The van der Waals surface area contributed by atoms with Crippen molar-refractivity contribution in [1.29, 1.82) is 0 Å². The summed E-state index contributed by atoms with van der Waals surface area (Å²) in [6.45, 7) is 10.4. The van der Waals surface area contributed by atoms with Crippen molar-refractivity contribution in [3.63, 3.8) is 0 Å². The Morgan fingerprint density at radius 1 is 1.07 bits per heavy atom. The molecule has 6 nitrogen and oxygen atoms in total. The molecule has 1 atom stereocenters. The largest absolute Gasteiger partial charge is 0.381 e. The minimum absolute atomic E-state index is 0.445. The van der Waals surface area contributed by atoms with Crippen LogP contribution >= 0.6 is 0 Å². The fourth-order valence-electron chi connectivity index (χ4n) is 4.44. The minimum atomic E-state index is 0.445. The molecule has 0 radical (unpaired) electrons. The number of ether oxygens (including phenoxy) is 1. The number of nitrogens with zero attached hydrogens (tertiary/aromatic N) is 5. The summed E-state index contributed by atoms with van der Waals surface area (Å²) < 4.78 is 7.82. The third-order valence-electron chi connectivity index (χ3n) is 5.95. The number of anilines is 1. The van der Waals surface area contributed by atoms with E-state index in [0.717, 1.165) is 57.6 Å². The highest BCUT2D eigenvalue weighted by Gasteiger charge is 2.31. The molecule has 146 valence electrons. The average Bonchev–Trinajstić information content (AvgIpc) is 3.11. The van der Waals surface area contributed by atoms with Gasteiger partial charge in [0.1, 0.15) is 5.82 Å². The summed E-state index contributed by atoms with van der Waals surface area (Å²) in [5.74, 6) is 2.08. The van der Waals surface area contributed by atoms with Crippen LogP contribution in [0.25, 0.3) is 0 Å². The van der Waals surface area contributed by atoms with Crippen LogP contribution in [-0.2, 0) is 17.7 Å². The van der Waals surface area contributed by atoms with Gasteiger partial charge in [0.05, 0.1) is 0 Å². The molecule has 2 aliphatic rings. The molecule has 3 heterocycles. The van der Waals surface area contributed by atoms with Crippen LogP contribution in [0.4, 0.5) is 5.95 Å². The molecule has 4 rings (SSSR count). The fraction of sp³-hybridized carbons (Fsp3) is 0.619. The smallest absolute Gasteiger partial charge is 0.227 e. The molecule has 2 aliphatic heterocycles. The number of aromatic nitrogens is 3. The lowest BCUT2D eigenvalue weighted by Gasteiger charge is -2.44. The van der Waals surface area contributed by atoms with Crippen molar-refractivity contribution in [2.45, 2.75) is 51.7 Å². The average molecular weight is 370 g/mol. The Kier molecular flexibility index (Phi) is 5.74. The van der Waals surface area contributed by atoms with Gasteiger partial charge in [0, 0.05) is 57.9 Å². The first-order valence-electron chi connectivity index (χ1n) is 10.3. The van der Waals surface area contributed by atoms with Gasteiger partial charge in [0.15, 0.2) is 0 Å². The summed E-state index contributed by atoms with van der Waals surface area (Å²) in [4.78, 5) is 5.10. The molecule has 0 aliphatic carbocycles. The molecule has 2 saturated heterocycles. The Morgan fingerprint density at radius 3 is 2.56 bits per heavy atom. The van der Waals surface area contributed by atoms with E-state index in [9.17, 15) is 0 Å². The summed E-state index contributed by atoms with van der Waals surface area (Å²) in [6.07, 6.45) is 3.16. The Balaban J connectivity index is 1.47. The topological polar surface area (TPSA) is 46.4 Å². The first-order valence-corrected chi connectivity index (χ1v) is 10.3. The Bertz CT molecular complexity index is 725. The summed E-state index contributed by atoms with van der Waals surface area (Å²) in [7, 11) is 0.